The first-order chi connectivity index (χ1) is 16.2. The van der Waals surface area contributed by atoms with Crippen LogP contribution in [-0.2, 0) is 20.9 Å². The minimum atomic E-state index is -0.768. The molecule has 3 aromatic rings. The molecule has 0 atom stereocenters. The van der Waals surface area contributed by atoms with Crippen LogP contribution in [0.2, 0.25) is 0 Å². The molecular formula is C22H18FN3O7S. The fourth-order valence-electron chi connectivity index (χ4n) is 2.92. The summed E-state index contributed by atoms with van der Waals surface area (Å²) < 4.78 is 19.5. The molecule has 1 amide bonds. The number of nitrogens with zero attached hydrogens (tertiary/aromatic N) is 2. The van der Waals surface area contributed by atoms with Gasteiger partial charge in [0.1, 0.15) is 17.0 Å². The van der Waals surface area contributed by atoms with Crippen molar-refractivity contribution >= 4 is 46.7 Å². The number of rotatable bonds is 7. The predicted octanol–water partition coefficient (Wildman–Crippen LogP) is 1.47. The topological polar surface area (TPSA) is 141 Å². The molecule has 0 radical (unpaired) electrons. The van der Waals surface area contributed by atoms with Gasteiger partial charge in [-0.2, -0.15) is 0 Å². The van der Waals surface area contributed by atoms with E-state index in [0.717, 1.165) is 40.2 Å². The first kappa shape index (κ1) is 24.3. The second kappa shape index (κ2) is 10.5. The molecule has 1 aromatic heterocycles. The Kier molecular flexibility index (Phi) is 7.53. The average molecular weight is 487 g/mol. The van der Waals surface area contributed by atoms with Gasteiger partial charge in [0, 0.05) is 11.8 Å². The van der Waals surface area contributed by atoms with Gasteiger partial charge >= 0.3 is 11.7 Å². The number of halogens is 1. The molecule has 176 valence electrons. The molecule has 0 aliphatic rings. The monoisotopic (exact) mass is 487 g/mol. The summed E-state index contributed by atoms with van der Waals surface area (Å²) in [5, 5.41) is 23.2. The van der Waals surface area contributed by atoms with Crippen molar-refractivity contribution in [2.45, 2.75) is 13.5 Å². The number of hydrogen-bond acceptors (Lipinski definition) is 8. The lowest BCUT2D eigenvalue weighted by atomic mass is 10.2. The zero-order chi connectivity index (χ0) is 24.8. The van der Waals surface area contributed by atoms with Gasteiger partial charge in [-0.3, -0.25) is 24.3 Å². The Morgan fingerprint density at radius 1 is 1.29 bits per heavy atom. The van der Waals surface area contributed by atoms with Gasteiger partial charge in [0.2, 0.25) is 5.91 Å². The Labute approximate surface area is 195 Å². The highest BCUT2D eigenvalue weighted by Crippen LogP contribution is 2.26. The van der Waals surface area contributed by atoms with Crippen LogP contribution >= 0.6 is 11.3 Å². The second-order valence-electron chi connectivity index (χ2n) is 6.80. The normalized spacial score (nSPS) is 11.9. The van der Waals surface area contributed by atoms with E-state index in [2.05, 4.69) is 5.32 Å². The third-order valence-corrected chi connectivity index (χ3v) is 5.43. The molecule has 0 aliphatic heterocycles. The third-order valence-electron chi connectivity index (χ3n) is 4.37. The maximum atomic E-state index is 13.4. The number of hydrogen-bond donors (Lipinski definition) is 2. The second-order valence-corrected chi connectivity index (χ2v) is 7.86. The number of carbonyl (C=O) groups is 2. The van der Waals surface area contributed by atoms with Crippen molar-refractivity contribution < 1.29 is 28.7 Å². The van der Waals surface area contributed by atoms with Crippen molar-refractivity contribution in [1.29, 1.82) is 0 Å². The molecule has 0 spiro atoms. The van der Waals surface area contributed by atoms with Gasteiger partial charge < -0.3 is 15.2 Å². The lowest BCUT2D eigenvalue weighted by Crippen LogP contribution is -2.36. The van der Waals surface area contributed by atoms with Gasteiger partial charge in [-0.05, 0) is 42.8 Å². The number of anilines is 1. The quantitative estimate of drug-likeness (QED) is 0.292. The van der Waals surface area contributed by atoms with E-state index in [9.17, 15) is 34.0 Å². The summed E-state index contributed by atoms with van der Waals surface area (Å²) in [6.07, 6.45) is 2.39. The van der Waals surface area contributed by atoms with Crippen LogP contribution in [0.25, 0.3) is 12.2 Å². The van der Waals surface area contributed by atoms with E-state index < -0.39 is 46.2 Å². The van der Waals surface area contributed by atoms with Crippen LogP contribution in [0.15, 0.2) is 47.3 Å². The van der Waals surface area contributed by atoms with E-state index >= 15 is 0 Å². The van der Waals surface area contributed by atoms with Gasteiger partial charge in [0.25, 0.3) is 5.56 Å². The lowest BCUT2D eigenvalue weighted by molar-refractivity contribution is -0.385. The minimum absolute atomic E-state index is 0.0779. The smallest absolute Gasteiger partial charge is 0.333 e. The van der Waals surface area contributed by atoms with Crippen LogP contribution < -0.4 is 20.1 Å². The van der Waals surface area contributed by atoms with Gasteiger partial charge in [-0.25, -0.2) is 9.18 Å². The molecule has 0 saturated carbocycles. The van der Waals surface area contributed by atoms with Crippen LogP contribution in [0.5, 0.6) is 5.75 Å². The molecule has 1 heterocycles. The van der Waals surface area contributed by atoms with Crippen LogP contribution in [0.4, 0.5) is 15.8 Å². The summed E-state index contributed by atoms with van der Waals surface area (Å²) >= 11 is 0.870. The number of benzene rings is 2. The van der Waals surface area contributed by atoms with Crippen molar-refractivity contribution in [2.75, 3.05) is 11.9 Å². The Hall–Kier alpha value is -4.32. The van der Waals surface area contributed by atoms with Crippen molar-refractivity contribution in [1.82, 2.24) is 4.57 Å². The van der Waals surface area contributed by atoms with Crippen molar-refractivity contribution in [3.63, 3.8) is 0 Å². The first-order valence-electron chi connectivity index (χ1n) is 9.80. The largest absolute Gasteiger partial charge is 0.502 e. The van der Waals surface area contributed by atoms with Crippen LogP contribution in [0.1, 0.15) is 12.5 Å². The summed E-state index contributed by atoms with van der Waals surface area (Å²) in [6.45, 7) is 1.22. The van der Waals surface area contributed by atoms with Gasteiger partial charge in [-0.1, -0.05) is 12.1 Å². The van der Waals surface area contributed by atoms with Crippen molar-refractivity contribution in [3.05, 3.63) is 83.5 Å². The van der Waals surface area contributed by atoms with Crippen LogP contribution in [-0.4, -0.2) is 33.1 Å². The number of amides is 1. The standard InChI is InChI=1S/C22H18FN3O7S/c1-2-33-21(29)11-20-25(12-19(28)24-15-5-3-4-14(23)10-15)22(30)18(34-20)9-13-6-7-17(27)16(8-13)26(31)32/h3-11,27H,2,12H2,1H3,(H,24,28)/b18-9-,20-11-. The minimum Gasteiger partial charge on any atom is -0.502 e. The number of nitro groups is 1. The maximum absolute atomic E-state index is 13.4. The molecular weight excluding hydrogens is 469 g/mol. The highest BCUT2D eigenvalue weighted by atomic mass is 32.1. The fourth-order valence-corrected chi connectivity index (χ4v) is 3.95. The maximum Gasteiger partial charge on any atom is 0.333 e. The molecule has 0 aliphatic carbocycles. The molecule has 0 fully saturated rings. The summed E-state index contributed by atoms with van der Waals surface area (Å²) in [4.78, 5) is 47.8. The highest BCUT2D eigenvalue weighted by Gasteiger charge is 2.15. The SMILES string of the molecule is CCOC(=O)/C=c1\s/c(=C\c2ccc(O)c([N+](=O)[O-])c2)c(=O)n1CC(=O)Nc1cccc(F)c1. The van der Waals surface area contributed by atoms with E-state index in [4.69, 9.17) is 4.74 Å². The zero-order valence-electron chi connectivity index (χ0n) is 17.7. The number of nitro benzene ring substituents is 1. The molecule has 0 unspecified atom stereocenters. The zero-order valence-corrected chi connectivity index (χ0v) is 18.5. The van der Waals surface area contributed by atoms with Crippen LogP contribution in [0, 0.1) is 15.9 Å². The lowest BCUT2D eigenvalue weighted by Gasteiger charge is -2.06. The van der Waals surface area contributed by atoms with Crippen molar-refractivity contribution in [2.24, 2.45) is 0 Å². The summed E-state index contributed by atoms with van der Waals surface area (Å²) in [5.41, 5.74) is -0.738. The molecule has 2 N–H and O–H groups in total. The number of carbonyl (C=O) groups excluding carboxylic acids is 2. The van der Waals surface area contributed by atoms with Gasteiger partial charge in [0.05, 0.1) is 22.1 Å². The van der Waals surface area contributed by atoms with E-state index in [1.807, 2.05) is 0 Å². The van der Waals surface area contributed by atoms with Gasteiger partial charge in [-0.15, -0.1) is 11.3 Å². The number of ether oxygens (including phenoxy) is 1. The number of esters is 1. The van der Waals surface area contributed by atoms with Crippen LogP contribution in [0.3, 0.4) is 0 Å². The van der Waals surface area contributed by atoms with Gasteiger partial charge in [0.15, 0.2) is 5.75 Å². The molecule has 34 heavy (non-hydrogen) atoms. The number of aromatic hydroxyl groups is 1. The number of aromatic nitrogens is 1. The summed E-state index contributed by atoms with van der Waals surface area (Å²) in [7, 11) is 0. The first-order valence-corrected chi connectivity index (χ1v) is 10.6. The molecule has 12 heteroatoms. The number of thiazole rings is 1. The highest BCUT2D eigenvalue weighted by molar-refractivity contribution is 7.07. The summed E-state index contributed by atoms with van der Waals surface area (Å²) in [6, 6.07) is 8.78. The molecule has 3 rings (SSSR count). The van der Waals surface area contributed by atoms with E-state index in [1.54, 1.807) is 6.92 Å². The fraction of sp³-hybridized carbons (Fsp3) is 0.136. The number of phenolic OH excluding ortho intramolecular Hbond substituents is 1. The Balaban J connectivity index is 2.05. The Bertz CT molecular complexity index is 1450. The van der Waals surface area contributed by atoms with Crippen molar-refractivity contribution in [3.8, 4) is 5.75 Å². The molecule has 0 saturated heterocycles. The molecule has 2 aromatic carbocycles. The van der Waals surface area contributed by atoms with E-state index in [0.29, 0.717) is 0 Å². The Morgan fingerprint density at radius 2 is 2.06 bits per heavy atom. The number of nitrogens with one attached hydrogen (secondary N) is 1. The predicted molar refractivity (Wildman–Crippen MR) is 122 cm³/mol. The molecule has 0 bridgehead atoms. The third kappa shape index (κ3) is 5.92. The Morgan fingerprint density at radius 3 is 2.74 bits per heavy atom. The average Bonchev–Trinajstić information content (AvgIpc) is 3.03. The van der Waals surface area contributed by atoms with E-state index in [-0.39, 0.29) is 27.1 Å². The summed E-state index contributed by atoms with van der Waals surface area (Å²) in [5.74, 6) is -2.46. The number of phenols is 1. The molecule has 10 nitrogen and oxygen atoms in total. The van der Waals surface area contributed by atoms with E-state index in [1.165, 1.54) is 30.3 Å².